The lowest BCUT2D eigenvalue weighted by Crippen LogP contribution is -2.52. The zero-order chi connectivity index (χ0) is 31.2. The van der Waals surface area contributed by atoms with Crippen molar-refractivity contribution in [2.75, 3.05) is 29.8 Å². The molecule has 3 rings (SSSR count). The maximum Gasteiger partial charge on any atom is 0.328 e. The molecule has 3 aromatic carbocycles. The fourth-order valence-electron chi connectivity index (χ4n) is 4.17. The molecule has 224 valence electrons. The van der Waals surface area contributed by atoms with Gasteiger partial charge in [0.25, 0.3) is 15.9 Å². The number of ether oxygens (including phenoxy) is 1. The minimum atomic E-state index is -4.47. The van der Waals surface area contributed by atoms with Gasteiger partial charge in [-0.2, -0.15) is 0 Å². The molecular formula is C30H34ClN3O7S. The highest BCUT2D eigenvalue weighted by Crippen LogP contribution is 2.35. The van der Waals surface area contributed by atoms with Crippen molar-refractivity contribution in [1.29, 1.82) is 0 Å². The first-order chi connectivity index (χ1) is 19.6. The van der Waals surface area contributed by atoms with Gasteiger partial charge in [-0.25, -0.2) is 13.2 Å². The molecule has 0 heterocycles. The van der Waals surface area contributed by atoms with Crippen molar-refractivity contribution in [2.24, 2.45) is 5.41 Å². The Morgan fingerprint density at radius 3 is 2.29 bits per heavy atom. The van der Waals surface area contributed by atoms with Crippen molar-refractivity contribution >= 4 is 50.8 Å². The van der Waals surface area contributed by atoms with E-state index in [1.165, 1.54) is 54.4 Å². The van der Waals surface area contributed by atoms with E-state index in [0.29, 0.717) is 5.75 Å². The van der Waals surface area contributed by atoms with E-state index in [9.17, 15) is 27.9 Å². The lowest BCUT2D eigenvalue weighted by atomic mass is 9.86. The summed E-state index contributed by atoms with van der Waals surface area (Å²) in [5.74, 6) is -1.81. The first-order valence-electron chi connectivity index (χ1n) is 13.0. The maximum absolute atomic E-state index is 14.0. The molecule has 10 nitrogen and oxygen atoms in total. The summed E-state index contributed by atoms with van der Waals surface area (Å²) in [7, 11) is -3.02. The predicted octanol–water partition coefficient (Wildman–Crippen LogP) is 4.82. The van der Waals surface area contributed by atoms with Gasteiger partial charge < -0.3 is 20.1 Å². The number of benzene rings is 3. The quantitative estimate of drug-likeness (QED) is 0.316. The summed E-state index contributed by atoms with van der Waals surface area (Å²) in [5.41, 5.74) is 0.191. The molecule has 1 unspecified atom stereocenters. The summed E-state index contributed by atoms with van der Waals surface area (Å²) >= 11 is 6.13. The first kappa shape index (κ1) is 32.4. The number of aryl methyl sites for hydroxylation is 1. The molecule has 0 saturated heterocycles. The van der Waals surface area contributed by atoms with Crippen molar-refractivity contribution in [3.63, 3.8) is 0 Å². The summed E-state index contributed by atoms with van der Waals surface area (Å²) in [6, 6.07) is 17.1. The third-order valence-electron chi connectivity index (χ3n) is 6.18. The highest BCUT2D eigenvalue weighted by atomic mass is 35.5. The van der Waals surface area contributed by atoms with Gasteiger partial charge in [0.15, 0.2) is 6.61 Å². The van der Waals surface area contributed by atoms with Crippen LogP contribution in [-0.2, 0) is 24.4 Å². The highest BCUT2D eigenvalue weighted by molar-refractivity contribution is 7.93. The molecule has 0 saturated carbocycles. The van der Waals surface area contributed by atoms with Gasteiger partial charge in [-0.15, -0.1) is 0 Å². The summed E-state index contributed by atoms with van der Waals surface area (Å²) in [6.45, 7) is 6.19. The second-order valence-electron chi connectivity index (χ2n) is 10.8. The summed E-state index contributed by atoms with van der Waals surface area (Å²) in [5, 5.41) is 12.9. The number of likely N-dealkylation sites (N-methyl/N-ethyl adjacent to an activating group) is 1. The van der Waals surface area contributed by atoms with E-state index in [0.717, 1.165) is 9.87 Å². The second-order valence-corrected chi connectivity index (χ2v) is 13.1. The van der Waals surface area contributed by atoms with Gasteiger partial charge in [-0.3, -0.25) is 13.9 Å². The standard InChI is InChI=1S/C30H34ClN3O7S/c1-20-9-6-13-24(15-20)41-19-27(36)33(5)18-26(35)32-22-11-8-14-25(17-22)42(39,40)34(23-12-7-10-21(31)16-23)28(29(37)38)30(2,3)4/h6-17,28H,18-19H2,1-5H3,(H,32,35)(H,37,38). The number of nitrogens with zero attached hydrogens (tertiary/aromatic N) is 2. The third kappa shape index (κ3) is 8.23. The topological polar surface area (TPSA) is 133 Å². The van der Waals surface area contributed by atoms with Crippen LogP contribution in [0.1, 0.15) is 26.3 Å². The molecule has 42 heavy (non-hydrogen) atoms. The number of aliphatic carboxylic acids is 1. The normalized spacial score (nSPS) is 12.2. The third-order valence-corrected chi connectivity index (χ3v) is 8.21. The van der Waals surface area contributed by atoms with Crippen molar-refractivity contribution < 1.29 is 32.6 Å². The van der Waals surface area contributed by atoms with E-state index >= 15 is 0 Å². The van der Waals surface area contributed by atoms with E-state index in [4.69, 9.17) is 16.3 Å². The number of rotatable bonds is 11. The number of nitrogens with one attached hydrogen (secondary N) is 1. The molecule has 1 atom stereocenters. The molecule has 2 amide bonds. The zero-order valence-electron chi connectivity index (χ0n) is 24.0. The molecular weight excluding hydrogens is 582 g/mol. The van der Waals surface area contributed by atoms with Crippen molar-refractivity contribution in [3.05, 3.63) is 83.4 Å². The fraction of sp³-hybridized carbons (Fsp3) is 0.300. The zero-order valence-corrected chi connectivity index (χ0v) is 25.6. The Morgan fingerprint density at radius 1 is 1.00 bits per heavy atom. The number of hydrogen-bond acceptors (Lipinski definition) is 6. The molecule has 0 aliphatic heterocycles. The van der Waals surface area contributed by atoms with Crippen LogP contribution in [0.2, 0.25) is 5.02 Å². The number of halogens is 1. The number of hydrogen-bond donors (Lipinski definition) is 2. The number of sulfonamides is 1. The number of amides is 2. The molecule has 2 N–H and O–H groups in total. The van der Waals surface area contributed by atoms with Gasteiger partial charge in [-0.05, 0) is 66.4 Å². The summed E-state index contributed by atoms with van der Waals surface area (Å²) in [6.07, 6.45) is 0. The molecule has 3 aromatic rings. The van der Waals surface area contributed by atoms with Gasteiger partial charge in [-0.1, -0.05) is 56.6 Å². The molecule has 0 aliphatic rings. The Labute approximate surface area is 250 Å². The maximum atomic E-state index is 14.0. The molecule has 0 fully saturated rings. The molecule has 12 heteroatoms. The average molecular weight is 616 g/mol. The van der Waals surface area contributed by atoms with Crippen LogP contribution in [-0.4, -0.2) is 62.4 Å². The predicted molar refractivity (Wildman–Crippen MR) is 161 cm³/mol. The van der Waals surface area contributed by atoms with Crippen LogP contribution in [0.4, 0.5) is 11.4 Å². The van der Waals surface area contributed by atoms with Crippen LogP contribution in [0.25, 0.3) is 0 Å². The van der Waals surface area contributed by atoms with E-state index in [-0.39, 0.29) is 34.4 Å². The number of anilines is 2. The van der Waals surface area contributed by atoms with Crippen LogP contribution < -0.4 is 14.4 Å². The van der Waals surface area contributed by atoms with Gasteiger partial charge in [0, 0.05) is 17.8 Å². The van der Waals surface area contributed by atoms with Gasteiger partial charge in [0.2, 0.25) is 5.91 Å². The van der Waals surface area contributed by atoms with Crippen LogP contribution in [0.5, 0.6) is 5.75 Å². The Morgan fingerprint density at radius 2 is 1.67 bits per heavy atom. The monoisotopic (exact) mass is 615 g/mol. The lowest BCUT2D eigenvalue weighted by molar-refractivity contribution is -0.140. The molecule has 0 spiro atoms. The van der Waals surface area contributed by atoms with Crippen LogP contribution in [0, 0.1) is 12.3 Å². The van der Waals surface area contributed by atoms with E-state index < -0.39 is 39.3 Å². The van der Waals surface area contributed by atoms with Gasteiger partial charge in [0.05, 0.1) is 17.1 Å². The smallest absolute Gasteiger partial charge is 0.328 e. The number of carbonyl (C=O) groups excluding carboxylic acids is 2. The molecule has 0 radical (unpaired) electrons. The summed E-state index contributed by atoms with van der Waals surface area (Å²) < 4.78 is 34.3. The average Bonchev–Trinajstić information content (AvgIpc) is 2.89. The molecule has 0 aromatic heterocycles. The van der Waals surface area contributed by atoms with E-state index in [2.05, 4.69) is 5.32 Å². The highest BCUT2D eigenvalue weighted by Gasteiger charge is 2.43. The minimum absolute atomic E-state index is 0.0762. The van der Waals surface area contributed by atoms with E-state index in [1.807, 2.05) is 13.0 Å². The minimum Gasteiger partial charge on any atom is -0.484 e. The second kappa shape index (κ2) is 13.3. The van der Waals surface area contributed by atoms with Crippen LogP contribution in [0.15, 0.2) is 77.7 Å². The molecule has 0 bridgehead atoms. The Bertz CT molecular complexity index is 1570. The SMILES string of the molecule is Cc1cccc(OCC(=O)N(C)CC(=O)Nc2cccc(S(=O)(=O)N(c3cccc(Cl)c3)C(C(=O)O)C(C)(C)C)c2)c1. The van der Waals surface area contributed by atoms with Gasteiger partial charge in [0.1, 0.15) is 11.8 Å². The van der Waals surface area contributed by atoms with Gasteiger partial charge >= 0.3 is 5.97 Å². The lowest BCUT2D eigenvalue weighted by Gasteiger charge is -2.37. The van der Waals surface area contributed by atoms with Crippen LogP contribution >= 0.6 is 11.6 Å². The Balaban J connectivity index is 1.81. The largest absolute Gasteiger partial charge is 0.484 e. The van der Waals surface area contributed by atoms with E-state index in [1.54, 1.807) is 45.0 Å². The van der Waals surface area contributed by atoms with Crippen molar-refractivity contribution in [1.82, 2.24) is 4.90 Å². The Hall–Kier alpha value is -4.09. The Kier molecular flexibility index (Phi) is 10.2. The van der Waals surface area contributed by atoms with Crippen LogP contribution in [0.3, 0.4) is 0 Å². The number of carbonyl (C=O) groups is 3. The van der Waals surface area contributed by atoms with Crippen molar-refractivity contribution in [2.45, 2.75) is 38.6 Å². The van der Waals surface area contributed by atoms with Crippen molar-refractivity contribution in [3.8, 4) is 5.75 Å². The molecule has 0 aliphatic carbocycles. The fourth-order valence-corrected chi connectivity index (χ4v) is 6.19. The number of carboxylic acid groups (broad SMARTS) is 1. The summed E-state index contributed by atoms with van der Waals surface area (Å²) in [4.78, 5) is 38.6. The number of carboxylic acids is 1. The first-order valence-corrected chi connectivity index (χ1v) is 14.8.